The monoisotopic (exact) mass is 230 g/mol. The molecular weight excluding hydrogens is 220 g/mol. The number of halogens is 1. The van der Waals surface area contributed by atoms with Crippen LogP contribution in [-0.4, -0.2) is 12.2 Å². The van der Waals surface area contributed by atoms with Gasteiger partial charge in [-0.25, -0.2) is 0 Å². The number of phenols is 1. The van der Waals surface area contributed by atoms with Crippen molar-refractivity contribution in [2.75, 3.05) is 12.4 Å². The summed E-state index contributed by atoms with van der Waals surface area (Å²) in [4.78, 5) is 0. The van der Waals surface area contributed by atoms with Crippen LogP contribution in [0, 0.1) is 0 Å². The van der Waals surface area contributed by atoms with Crippen LogP contribution < -0.4 is 11.1 Å². The summed E-state index contributed by atoms with van der Waals surface area (Å²) in [6.07, 6.45) is 0. The number of nitrogens with two attached hydrogens (primary N) is 1. The molecule has 0 aliphatic heterocycles. The Kier molecular flexibility index (Phi) is 2.94. The van der Waals surface area contributed by atoms with Gasteiger partial charge in [-0.15, -0.1) is 0 Å². The highest BCUT2D eigenvalue weighted by molar-refractivity contribution is 9.10. The van der Waals surface area contributed by atoms with Crippen molar-refractivity contribution in [2.24, 2.45) is 5.73 Å². The molecule has 4 heteroatoms. The molecule has 1 aromatic rings. The molecule has 66 valence electrons. The van der Waals surface area contributed by atoms with Crippen LogP contribution in [0.15, 0.2) is 16.6 Å². The molecule has 1 rings (SSSR count). The number of hydrogen-bond acceptors (Lipinski definition) is 3. The van der Waals surface area contributed by atoms with E-state index in [2.05, 4.69) is 21.2 Å². The number of hydrogen-bond donors (Lipinski definition) is 3. The number of anilines is 1. The first-order chi connectivity index (χ1) is 5.69. The lowest BCUT2D eigenvalue weighted by Gasteiger charge is -2.07. The molecule has 0 aliphatic carbocycles. The molecule has 12 heavy (non-hydrogen) atoms. The predicted molar refractivity (Wildman–Crippen MR) is 53.2 cm³/mol. The SMILES string of the molecule is CNc1cc(CN)cc(Br)c1O. The summed E-state index contributed by atoms with van der Waals surface area (Å²) in [6, 6.07) is 3.62. The van der Waals surface area contributed by atoms with Gasteiger partial charge in [0.1, 0.15) is 0 Å². The van der Waals surface area contributed by atoms with Gasteiger partial charge in [-0.05, 0) is 33.6 Å². The Labute approximate surface area is 79.7 Å². The third-order valence-corrected chi connectivity index (χ3v) is 2.23. The first-order valence-corrected chi connectivity index (χ1v) is 4.37. The van der Waals surface area contributed by atoms with Crippen molar-refractivity contribution < 1.29 is 5.11 Å². The Hall–Kier alpha value is -0.740. The molecule has 0 spiro atoms. The summed E-state index contributed by atoms with van der Waals surface area (Å²) in [5.74, 6) is 0.217. The maximum absolute atomic E-state index is 9.47. The van der Waals surface area contributed by atoms with Gasteiger partial charge in [-0.3, -0.25) is 0 Å². The smallest absolute Gasteiger partial charge is 0.152 e. The van der Waals surface area contributed by atoms with Crippen molar-refractivity contribution in [3.8, 4) is 5.75 Å². The molecule has 3 nitrogen and oxygen atoms in total. The third-order valence-electron chi connectivity index (χ3n) is 1.63. The standard InChI is InChI=1S/C8H11BrN2O/c1-11-7-3-5(4-10)2-6(9)8(7)12/h2-3,11-12H,4,10H2,1H3. The summed E-state index contributed by atoms with van der Waals surface area (Å²) in [7, 11) is 1.75. The van der Waals surface area contributed by atoms with E-state index in [1.165, 1.54) is 0 Å². The average molecular weight is 231 g/mol. The Morgan fingerprint density at radius 3 is 2.75 bits per heavy atom. The number of phenolic OH excluding ortho intramolecular Hbond substituents is 1. The molecule has 1 aromatic carbocycles. The van der Waals surface area contributed by atoms with E-state index < -0.39 is 0 Å². The Bertz CT molecular complexity index is 289. The minimum atomic E-state index is 0.217. The number of aromatic hydroxyl groups is 1. The van der Waals surface area contributed by atoms with Gasteiger partial charge < -0.3 is 16.2 Å². The average Bonchev–Trinajstić information content (AvgIpc) is 2.09. The lowest BCUT2D eigenvalue weighted by Crippen LogP contribution is -1.98. The summed E-state index contributed by atoms with van der Waals surface area (Å²) in [6.45, 7) is 0.466. The van der Waals surface area contributed by atoms with Gasteiger partial charge in [0.05, 0.1) is 10.2 Å². The highest BCUT2D eigenvalue weighted by Gasteiger charge is 2.05. The van der Waals surface area contributed by atoms with Gasteiger partial charge in [0.15, 0.2) is 5.75 Å². The molecule has 0 bridgehead atoms. The zero-order valence-electron chi connectivity index (χ0n) is 6.76. The molecule has 0 atom stereocenters. The summed E-state index contributed by atoms with van der Waals surface area (Å²) in [5, 5.41) is 12.3. The summed E-state index contributed by atoms with van der Waals surface area (Å²) >= 11 is 3.23. The summed E-state index contributed by atoms with van der Waals surface area (Å²) < 4.78 is 0.662. The van der Waals surface area contributed by atoms with Gasteiger partial charge >= 0.3 is 0 Å². The molecule has 0 heterocycles. The van der Waals surface area contributed by atoms with Gasteiger partial charge in [0.2, 0.25) is 0 Å². The fourth-order valence-corrected chi connectivity index (χ4v) is 1.47. The largest absolute Gasteiger partial charge is 0.505 e. The first kappa shape index (κ1) is 9.35. The van der Waals surface area contributed by atoms with Crippen LogP contribution >= 0.6 is 15.9 Å². The number of rotatable bonds is 2. The fraction of sp³-hybridized carbons (Fsp3) is 0.250. The Morgan fingerprint density at radius 2 is 2.25 bits per heavy atom. The van der Waals surface area contributed by atoms with Crippen LogP contribution in [-0.2, 0) is 6.54 Å². The highest BCUT2D eigenvalue weighted by atomic mass is 79.9. The van der Waals surface area contributed by atoms with Crippen molar-refractivity contribution in [2.45, 2.75) is 6.54 Å². The molecule has 0 aliphatic rings. The second kappa shape index (κ2) is 3.78. The second-order valence-corrected chi connectivity index (χ2v) is 3.28. The van der Waals surface area contributed by atoms with Crippen LogP contribution in [0.3, 0.4) is 0 Å². The van der Waals surface area contributed by atoms with Crippen LogP contribution in [0.1, 0.15) is 5.56 Å². The number of nitrogens with one attached hydrogen (secondary N) is 1. The minimum Gasteiger partial charge on any atom is -0.505 e. The van der Waals surface area contributed by atoms with E-state index in [9.17, 15) is 5.11 Å². The molecule has 0 aromatic heterocycles. The normalized spacial score (nSPS) is 9.92. The molecular formula is C8H11BrN2O. The van der Waals surface area contributed by atoms with Gasteiger partial charge in [-0.1, -0.05) is 0 Å². The van der Waals surface area contributed by atoms with Gasteiger partial charge in [0.25, 0.3) is 0 Å². The maximum Gasteiger partial charge on any atom is 0.152 e. The molecule has 0 unspecified atom stereocenters. The van der Waals surface area contributed by atoms with Crippen molar-refractivity contribution in [3.63, 3.8) is 0 Å². The number of benzene rings is 1. The van der Waals surface area contributed by atoms with E-state index in [1.807, 2.05) is 6.07 Å². The molecule has 0 radical (unpaired) electrons. The Balaban J connectivity index is 3.19. The predicted octanol–water partition coefficient (Wildman–Crippen LogP) is 1.66. The van der Waals surface area contributed by atoms with E-state index in [0.29, 0.717) is 16.7 Å². The lowest BCUT2D eigenvalue weighted by molar-refractivity contribution is 0.474. The second-order valence-electron chi connectivity index (χ2n) is 2.43. The van der Waals surface area contributed by atoms with E-state index in [0.717, 1.165) is 5.56 Å². The molecule has 0 saturated heterocycles. The van der Waals surface area contributed by atoms with E-state index >= 15 is 0 Å². The summed E-state index contributed by atoms with van der Waals surface area (Å²) in [5.41, 5.74) is 7.12. The lowest BCUT2D eigenvalue weighted by atomic mass is 10.2. The highest BCUT2D eigenvalue weighted by Crippen LogP contribution is 2.32. The molecule has 4 N–H and O–H groups in total. The van der Waals surface area contributed by atoms with Crippen LogP contribution in [0.4, 0.5) is 5.69 Å². The van der Waals surface area contributed by atoms with Gasteiger partial charge in [0, 0.05) is 13.6 Å². The first-order valence-electron chi connectivity index (χ1n) is 3.58. The fourth-order valence-electron chi connectivity index (χ4n) is 0.964. The van der Waals surface area contributed by atoms with Crippen LogP contribution in [0.25, 0.3) is 0 Å². The van der Waals surface area contributed by atoms with Crippen molar-refractivity contribution in [1.82, 2.24) is 0 Å². The minimum absolute atomic E-state index is 0.217. The van der Waals surface area contributed by atoms with Crippen LogP contribution in [0.5, 0.6) is 5.75 Å². The molecule has 0 amide bonds. The third kappa shape index (κ3) is 1.70. The van der Waals surface area contributed by atoms with Crippen molar-refractivity contribution in [1.29, 1.82) is 0 Å². The van der Waals surface area contributed by atoms with E-state index in [1.54, 1.807) is 13.1 Å². The van der Waals surface area contributed by atoms with Crippen molar-refractivity contribution >= 4 is 21.6 Å². The zero-order valence-corrected chi connectivity index (χ0v) is 8.35. The molecule has 0 saturated carbocycles. The van der Waals surface area contributed by atoms with E-state index in [4.69, 9.17) is 5.73 Å². The molecule has 0 fully saturated rings. The van der Waals surface area contributed by atoms with Crippen molar-refractivity contribution in [3.05, 3.63) is 22.2 Å². The van der Waals surface area contributed by atoms with Gasteiger partial charge in [-0.2, -0.15) is 0 Å². The maximum atomic E-state index is 9.47. The van der Waals surface area contributed by atoms with E-state index in [-0.39, 0.29) is 5.75 Å². The zero-order chi connectivity index (χ0) is 9.14. The Morgan fingerprint density at radius 1 is 1.58 bits per heavy atom. The van der Waals surface area contributed by atoms with Crippen LogP contribution in [0.2, 0.25) is 0 Å². The topological polar surface area (TPSA) is 58.3 Å². The quantitative estimate of drug-likeness (QED) is 0.678.